The van der Waals surface area contributed by atoms with Crippen molar-refractivity contribution in [2.45, 2.75) is 50.3 Å². The van der Waals surface area contributed by atoms with E-state index in [2.05, 4.69) is 29.5 Å². The number of carbonyl (C=O) groups is 3. The zero-order chi connectivity index (χ0) is 22.6. The molecule has 31 heavy (non-hydrogen) atoms. The van der Waals surface area contributed by atoms with Crippen LogP contribution in [-0.2, 0) is 14.3 Å². The first kappa shape index (κ1) is 25.1. The number of thioether (sulfide) groups is 1. The van der Waals surface area contributed by atoms with Crippen molar-refractivity contribution < 1.29 is 19.1 Å². The van der Waals surface area contributed by atoms with E-state index < -0.39 is 5.92 Å². The van der Waals surface area contributed by atoms with Gasteiger partial charge < -0.3 is 15.4 Å². The number of thiazole rings is 1. The number of aromatic nitrogens is 1. The fourth-order valence-electron chi connectivity index (χ4n) is 2.84. The molecule has 0 bridgehead atoms. The Morgan fingerprint density at radius 3 is 2.52 bits per heavy atom. The van der Waals surface area contributed by atoms with E-state index in [0.717, 1.165) is 40.2 Å². The van der Waals surface area contributed by atoms with Gasteiger partial charge in [-0.2, -0.15) is 0 Å². The number of nitrogens with one attached hydrogen (secondary N) is 2. The summed E-state index contributed by atoms with van der Waals surface area (Å²) < 4.78 is 6.45. The van der Waals surface area contributed by atoms with Crippen molar-refractivity contribution in [1.29, 1.82) is 0 Å². The number of esters is 1. The maximum Gasteiger partial charge on any atom is 0.337 e. The Hall–Kier alpha value is -2.13. The average Bonchev–Trinajstić information content (AvgIpc) is 3.18. The molecule has 1 aromatic heterocycles. The SMILES string of the molecule is CCCCNC(=O)CC(CSc1nc2ccc(C(=O)OC)cc2s1)C(=O)NCCCC. The van der Waals surface area contributed by atoms with Crippen LogP contribution >= 0.6 is 23.1 Å². The second kappa shape index (κ2) is 13.3. The summed E-state index contributed by atoms with van der Waals surface area (Å²) in [5, 5.41) is 5.84. The highest BCUT2D eigenvalue weighted by Gasteiger charge is 2.23. The number of fused-ring (bicyclic) bond motifs is 1. The van der Waals surface area contributed by atoms with Crippen LogP contribution in [0.15, 0.2) is 22.5 Å². The highest BCUT2D eigenvalue weighted by molar-refractivity contribution is 8.01. The van der Waals surface area contributed by atoms with Gasteiger partial charge in [0, 0.05) is 25.3 Å². The first-order chi connectivity index (χ1) is 15.0. The van der Waals surface area contributed by atoms with Crippen molar-refractivity contribution in [2.75, 3.05) is 26.0 Å². The Labute approximate surface area is 191 Å². The largest absolute Gasteiger partial charge is 0.465 e. The van der Waals surface area contributed by atoms with Crippen LogP contribution in [0.2, 0.25) is 0 Å². The highest BCUT2D eigenvalue weighted by atomic mass is 32.2. The molecule has 1 atom stereocenters. The molecule has 170 valence electrons. The molecule has 1 aromatic carbocycles. The first-order valence-electron chi connectivity index (χ1n) is 10.6. The standard InChI is InChI=1S/C22H31N3O4S2/c1-4-6-10-23-19(26)13-16(20(27)24-11-7-5-2)14-30-22-25-17-9-8-15(21(28)29-3)12-18(17)31-22/h8-9,12,16H,4-7,10-11,13-14H2,1-3H3,(H,23,26)(H,24,27). The minimum atomic E-state index is -0.430. The Balaban J connectivity index is 2.04. The predicted octanol–water partition coefficient (Wildman–Crippen LogP) is 4.01. The average molecular weight is 466 g/mol. The number of rotatable bonds is 13. The number of carbonyl (C=O) groups excluding carboxylic acids is 3. The Kier molecular flexibility index (Phi) is 10.8. The van der Waals surface area contributed by atoms with Gasteiger partial charge in [-0.15, -0.1) is 11.3 Å². The fraction of sp³-hybridized carbons (Fsp3) is 0.545. The lowest BCUT2D eigenvalue weighted by Crippen LogP contribution is -2.36. The number of hydrogen-bond acceptors (Lipinski definition) is 7. The van der Waals surface area contributed by atoms with Gasteiger partial charge in [-0.25, -0.2) is 9.78 Å². The summed E-state index contributed by atoms with van der Waals surface area (Å²) in [6.45, 7) is 5.39. The van der Waals surface area contributed by atoms with Crippen molar-refractivity contribution in [3.05, 3.63) is 23.8 Å². The fourth-order valence-corrected chi connectivity index (χ4v) is 5.06. The van der Waals surface area contributed by atoms with Gasteiger partial charge in [0.05, 0.1) is 28.8 Å². The van der Waals surface area contributed by atoms with Crippen LogP contribution in [0.4, 0.5) is 0 Å². The van der Waals surface area contributed by atoms with Crippen molar-refractivity contribution in [1.82, 2.24) is 15.6 Å². The van der Waals surface area contributed by atoms with Gasteiger partial charge in [0.1, 0.15) is 0 Å². The smallest absolute Gasteiger partial charge is 0.337 e. The Morgan fingerprint density at radius 2 is 1.84 bits per heavy atom. The normalized spacial score (nSPS) is 11.8. The second-order valence-corrected chi connectivity index (χ2v) is 9.51. The van der Waals surface area contributed by atoms with E-state index in [1.54, 1.807) is 18.2 Å². The van der Waals surface area contributed by atoms with Crippen LogP contribution in [0.5, 0.6) is 0 Å². The van der Waals surface area contributed by atoms with Crippen LogP contribution in [0.3, 0.4) is 0 Å². The molecular formula is C22H31N3O4S2. The van der Waals surface area contributed by atoms with Crippen LogP contribution in [0, 0.1) is 5.92 Å². The Morgan fingerprint density at radius 1 is 1.13 bits per heavy atom. The van der Waals surface area contributed by atoms with E-state index in [4.69, 9.17) is 4.74 Å². The zero-order valence-electron chi connectivity index (χ0n) is 18.4. The summed E-state index contributed by atoms with van der Waals surface area (Å²) in [5.74, 6) is -0.552. The van der Waals surface area contributed by atoms with Crippen molar-refractivity contribution in [3.63, 3.8) is 0 Å². The van der Waals surface area contributed by atoms with Crippen LogP contribution in [0.1, 0.15) is 56.3 Å². The molecule has 0 aliphatic carbocycles. The number of hydrogen-bond donors (Lipinski definition) is 2. The topological polar surface area (TPSA) is 97.4 Å². The molecule has 9 heteroatoms. The van der Waals surface area contributed by atoms with Crippen LogP contribution < -0.4 is 10.6 Å². The summed E-state index contributed by atoms with van der Waals surface area (Å²) in [7, 11) is 1.35. The molecule has 1 unspecified atom stereocenters. The van der Waals surface area contributed by atoms with Crippen LogP contribution in [0.25, 0.3) is 10.2 Å². The molecule has 2 N–H and O–H groups in total. The highest BCUT2D eigenvalue weighted by Crippen LogP contribution is 2.32. The van der Waals surface area contributed by atoms with Gasteiger partial charge in [-0.1, -0.05) is 38.5 Å². The second-order valence-electron chi connectivity index (χ2n) is 7.21. The molecule has 0 aliphatic rings. The van der Waals surface area contributed by atoms with Gasteiger partial charge in [-0.05, 0) is 31.0 Å². The molecule has 0 aliphatic heterocycles. The van der Waals surface area contributed by atoms with E-state index in [1.807, 2.05) is 0 Å². The quantitative estimate of drug-likeness (QED) is 0.263. The molecular weight excluding hydrogens is 434 g/mol. The number of benzene rings is 1. The number of unbranched alkanes of at least 4 members (excludes halogenated alkanes) is 2. The number of nitrogens with zero attached hydrogens (tertiary/aromatic N) is 1. The maximum absolute atomic E-state index is 12.7. The molecule has 0 saturated heterocycles. The third-order valence-corrected chi connectivity index (χ3v) is 7.01. The van der Waals surface area contributed by atoms with E-state index >= 15 is 0 Å². The molecule has 2 rings (SSSR count). The minimum Gasteiger partial charge on any atom is -0.465 e. The monoisotopic (exact) mass is 465 g/mol. The molecule has 0 radical (unpaired) electrons. The molecule has 2 aromatic rings. The predicted molar refractivity (Wildman–Crippen MR) is 126 cm³/mol. The van der Waals surface area contributed by atoms with E-state index in [-0.39, 0.29) is 24.2 Å². The van der Waals surface area contributed by atoms with Crippen LogP contribution in [-0.4, -0.2) is 48.7 Å². The lowest BCUT2D eigenvalue weighted by atomic mass is 10.1. The first-order valence-corrected chi connectivity index (χ1v) is 12.4. The Bertz CT molecular complexity index is 885. The summed E-state index contributed by atoms with van der Waals surface area (Å²) >= 11 is 2.92. The lowest BCUT2D eigenvalue weighted by molar-refractivity contribution is -0.129. The summed E-state index contributed by atoms with van der Waals surface area (Å²) in [5.41, 5.74) is 1.27. The number of methoxy groups -OCH3 is 1. The number of amides is 2. The molecule has 1 heterocycles. The third kappa shape index (κ3) is 8.14. The minimum absolute atomic E-state index is 0.0966. The summed E-state index contributed by atoms with van der Waals surface area (Å²) in [4.78, 5) is 41.3. The molecule has 2 amide bonds. The van der Waals surface area contributed by atoms with E-state index in [9.17, 15) is 14.4 Å². The molecule has 0 saturated carbocycles. The molecule has 0 fully saturated rings. The van der Waals surface area contributed by atoms with Gasteiger partial charge in [0.25, 0.3) is 0 Å². The third-order valence-electron chi connectivity index (χ3n) is 4.68. The maximum atomic E-state index is 12.7. The van der Waals surface area contributed by atoms with E-state index in [0.29, 0.717) is 24.4 Å². The zero-order valence-corrected chi connectivity index (χ0v) is 20.0. The summed E-state index contributed by atoms with van der Waals surface area (Å²) in [6.07, 6.45) is 4.00. The van der Waals surface area contributed by atoms with Gasteiger partial charge in [-0.3, -0.25) is 9.59 Å². The molecule has 7 nitrogen and oxygen atoms in total. The lowest BCUT2D eigenvalue weighted by Gasteiger charge is -2.16. The van der Waals surface area contributed by atoms with Gasteiger partial charge in [0.15, 0.2) is 4.34 Å². The summed E-state index contributed by atoms with van der Waals surface area (Å²) in [6, 6.07) is 5.24. The van der Waals surface area contributed by atoms with Crippen molar-refractivity contribution in [2.24, 2.45) is 5.92 Å². The van der Waals surface area contributed by atoms with Crippen molar-refractivity contribution >= 4 is 51.1 Å². The van der Waals surface area contributed by atoms with Gasteiger partial charge in [0.2, 0.25) is 11.8 Å². The number of ether oxygens (including phenoxy) is 1. The molecule has 0 spiro atoms. The van der Waals surface area contributed by atoms with Gasteiger partial charge >= 0.3 is 5.97 Å². The van der Waals surface area contributed by atoms with E-state index in [1.165, 1.54) is 30.2 Å². The van der Waals surface area contributed by atoms with Crippen molar-refractivity contribution in [3.8, 4) is 0 Å².